The SMILES string of the molecule is Cc1ccc([C@@H](c2ccccn2)[C@@](C)(O)c2cccc(Cl)c2)cc1. The summed E-state index contributed by atoms with van der Waals surface area (Å²) in [6, 6.07) is 21.4. The smallest absolute Gasteiger partial charge is 0.0992 e. The number of nitrogens with zero attached hydrogens (tertiary/aromatic N) is 1. The van der Waals surface area contributed by atoms with Crippen LogP contribution in [0.2, 0.25) is 5.02 Å². The molecule has 122 valence electrons. The molecule has 0 amide bonds. The van der Waals surface area contributed by atoms with Gasteiger partial charge in [0.05, 0.1) is 17.2 Å². The van der Waals surface area contributed by atoms with E-state index in [2.05, 4.69) is 24.0 Å². The number of benzene rings is 2. The van der Waals surface area contributed by atoms with Gasteiger partial charge in [0.1, 0.15) is 0 Å². The zero-order chi connectivity index (χ0) is 17.2. The zero-order valence-electron chi connectivity index (χ0n) is 13.8. The van der Waals surface area contributed by atoms with Gasteiger partial charge in [-0.3, -0.25) is 4.98 Å². The van der Waals surface area contributed by atoms with E-state index < -0.39 is 5.60 Å². The Morgan fingerprint density at radius 3 is 2.38 bits per heavy atom. The molecule has 1 heterocycles. The summed E-state index contributed by atoms with van der Waals surface area (Å²) in [5.74, 6) is -0.294. The highest BCUT2D eigenvalue weighted by molar-refractivity contribution is 6.30. The second-order valence-electron chi connectivity index (χ2n) is 6.26. The van der Waals surface area contributed by atoms with Crippen LogP contribution < -0.4 is 0 Å². The predicted octanol–water partition coefficient (Wildman–Crippen LogP) is 5.08. The van der Waals surface area contributed by atoms with Gasteiger partial charge in [-0.15, -0.1) is 0 Å². The van der Waals surface area contributed by atoms with Gasteiger partial charge in [-0.05, 0) is 49.2 Å². The van der Waals surface area contributed by atoms with Gasteiger partial charge in [0.15, 0.2) is 0 Å². The molecule has 0 bridgehead atoms. The number of rotatable bonds is 4. The minimum atomic E-state index is -1.14. The van der Waals surface area contributed by atoms with Crippen LogP contribution in [-0.4, -0.2) is 10.1 Å². The maximum absolute atomic E-state index is 11.4. The van der Waals surface area contributed by atoms with E-state index in [0.29, 0.717) is 5.02 Å². The summed E-state index contributed by atoms with van der Waals surface area (Å²) in [7, 11) is 0. The van der Waals surface area contributed by atoms with Gasteiger partial charge >= 0.3 is 0 Å². The van der Waals surface area contributed by atoms with Gasteiger partial charge < -0.3 is 5.11 Å². The molecule has 0 aliphatic rings. The van der Waals surface area contributed by atoms with Crippen molar-refractivity contribution in [2.75, 3.05) is 0 Å². The molecular weight excluding hydrogens is 318 g/mol. The number of hydrogen-bond donors (Lipinski definition) is 1. The highest BCUT2D eigenvalue weighted by Crippen LogP contribution is 2.41. The topological polar surface area (TPSA) is 33.1 Å². The van der Waals surface area contributed by atoms with Crippen molar-refractivity contribution in [2.45, 2.75) is 25.4 Å². The first-order chi connectivity index (χ1) is 11.5. The fourth-order valence-electron chi connectivity index (χ4n) is 3.06. The van der Waals surface area contributed by atoms with Crippen molar-refractivity contribution in [3.05, 3.63) is 100 Å². The lowest BCUT2D eigenvalue weighted by molar-refractivity contribution is 0.0380. The van der Waals surface area contributed by atoms with E-state index in [-0.39, 0.29) is 5.92 Å². The van der Waals surface area contributed by atoms with E-state index in [1.807, 2.05) is 61.5 Å². The van der Waals surface area contributed by atoms with E-state index in [4.69, 9.17) is 11.6 Å². The largest absolute Gasteiger partial charge is 0.384 e. The van der Waals surface area contributed by atoms with Crippen molar-refractivity contribution in [1.29, 1.82) is 0 Å². The van der Waals surface area contributed by atoms with Crippen molar-refractivity contribution >= 4 is 11.6 Å². The first kappa shape index (κ1) is 16.7. The molecular formula is C21H20ClNO. The molecule has 3 rings (SSSR count). The van der Waals surface area contributed by atoms with Gasteiger partial charge in [0, 0.05) is 11.2 Å². The summed E-state index contributed by atoms with van der Waals surface area (Å²) >= 11 is 6.14. The van der Waals surface area contributed by atoms with Crippen molar-refractivity contribution < 1.29 is 5.11 Å². The predicted molar refractivity (Wildman–Crippen MR) is 98.3 cm³/mol. The van der Waals surface area contributed by atoms with Crippen LogP contribution in [0.4, 0.5) is 0 Å². The Labute approximate surface area is 147 Å². The first-order valence-corrected chi connectivity index (χ1v) is 8.32. The van der Waals surface area contributed by atoms with Crippen LogP contribution in [0.1, 0.15) is 35.2 Å². The number of hydrogen-bond acceptors (Lipinski definition) is 2. The summed E-state index contributed by atoms with van der Waals surface area (Å²) in [6.07, 6.45) is 1.75. The molecule has 2 atom stereocenters. The van der Waals surface area contributed by atoms with E-state index in [9.17, 15) is 5.11 Å². The fourth-order valence-corrected chi connectivity index (χ4v) is 3.25. The Bertz CT molecular complexity index is 813. The van der Waals surface area contributed by atoms with Gasteiger partial charge in [0.2, 0.25) is 0 Å². The zero-order valence-corrected chi connectivity index (χ0v) is 14.5. The molecule has 1 N–H and O–H groups in total. The van der Waals surface area contributed by atoms with Crippen molar-refractivity contribution in [3.8, 4) is 0 Å². The lowest BCUT2D eigenvalue weighted by atomic mass is 9.76. The maximum Gasteiger partial charge on any atom is 0.0992 e. The molecule has 3 heteroatoms. The fraction of sp³-hybridized carbons (Fsp3) is 0.190. The second kappa shape index (κ2) is 6.76. The average Bonchev–Trinajstić information content (AvgIpc) is 2.58. The molecule has 2 nitrogen and oxygen atoms in total. The number of aliphatic hydroxyl groups is 1. The summed E-state index contributed by atoms with van der Waals surface area (Å²) in [4.78, 5) is 4.50. The highest BCUT2D eigenvalue weighted by atomic mass is 35.5. The maximum atomic E-state index is 11.4. The molecule has 0 saturated heterocycles. The average molecular weight is 338 g/mol. The molecule has 2 aromatic carbocycles. The van der Waals surface area contributed by atoms with Crippen LogP contribution in [0.3, 0.4) is 0 Å². The molecule has 0 unspecified atom stereocenters. The Kier molecular flexibility index (Phi) is 4.70. The van der Waals surface area contributed by atoms with E-state index >= 15 is 0 Å². The van der Waals surface area contributed by atoms with Crippen LogP contribution in [0.25, 0.3) is 0 Å². The van der Waals surface area contributed by atoms with Gasteiger partial charge in [-0.25, -0.2) is 0 Å². The molecule has 0 fully saturated rings. The van der Waals surface area contributed by atoms with E-state index in [1.165, 1.54) is 5.56 Å². The van der Waals surface area contributed by atoms with Crippen molar-refractivity contribution in [1.82, 2.24) is 4.98 Å². The molecule has 0 spiro atoms. The Hall–Kier alpha value is -2.16. The van der Waals surface area contributed by atoms with Crippen LogP contribution >= 0.6 is 11.6 Å². The first-order valence-electron chi connectivity index (χ1n) is 7.94. The van der Waals surface area contributed by atoms with Gasteiger partial charge in [-0.1, -0.05) is 59.6 Å². The minimum absolute atomic E-state index is 0.294. The Balaban J connectivity index is 2.15. The molecule has 24 heavy (non-hydrogen) atoms. The molecule has 0 saturated carbocycles. The normalized spacial score (nSPS) is 14.8. The molecule has 0 radical (unpaired) electrons. The van der Waals surface area contributed by atoms with Gasteiger partial charge in [0.25, 0.3) is 0 Å². The van der Waals surface area contributed by atoms with Crippen LogP contribution in [0.15, 0.2) is 72.9 Å². The van der Waals surface area contributed by atoms with Crippen molar-refractivity contribution in [2.24, 2.45) is 0 Å². The lowest BCUT2D eigenvalue weighted by Crippen LogP contribution is -2.31. The second-order valence-corrected chi connectivity index (χ2v) is 6.69. The third-order valence-corrected chi connectivity index (χ3v) is 4.60. The van der Waals surface area contributed by atoms with Gasteiger partial charge in [-0.2, -0.15) is 0 Å². The van der Waals surface area contributed by atoms with Crippen LogP contribution in [0, 0.1) is 6.92 Å². The Morgan fingerprint density at radius 2 is 1.75 bits per heavy atom. The third kappa shape index (κ3) is 3.35. The molecule has 1 aromatic heterocycles. The van der Waals surface area contributed by atoms with Crippen LogP contribution in [0.5, 0.6) is 0 Å². The van der Waals surface area contributed by atoms with E-state index in [1.54, 1.807) is 6.20 Å². The molecule has 3 aromatic rings. The number of halogens is 1. The third-order valence-electron chi connectivity index (χ3n) is 4.37. The summed E-state index contributed by atoms with van der Waals surface area (Å²) in [5, 5.41) is 12.1. The standard InChI is InChI=1S/C21H20ClNO/c1-15-9-11-16(12-10-15)20(19-8-3-4-13-23-19)21(2,24)17-6-5-7-18(22)14-17/h3-14,20,24H,1-2H3/t20-,21-/m0/s1. The minimum Gasteiger partial charge on any atom is -0.384 e. The summed E-state index contributed by atoms with van der Waals surface area (Å²) in [6.45, 7) is 3.87. The number of pyridine rings is 1. The van der Waals surface area contributed by atoms with Crippen LogP contribution in [-0.2, 0) is 5.60 Å². The van der Waals surface area contributed by atoms with Crippen molar-refractivity contribution in [3.63, 3.8) is 0 Å². The number of aromatic nitrogens is 1. The summed E-state index contributed by atoms with van der Waals surface area (Å²) < 4.78 is 0. The molecule has 0 aliphatic carbocycles. The lowest BCUT2D eigenvalue weighted by Gasteiger charge is -2.34. The monoisotopic (exact) mass is 337 g/mol. The number of aryl methyl sites for hydroxylation is 1. The highest BCUT2D eigenvalue weighted by Gasteiger charge is 2.37. The molecule has 0 aliphatic heterocycles. The quantitative estimate of drug-likeness (QED) is 0.720. The van der Waals surface area contributed by atoms with E-state index in [0.717, 1.165) is 16.8 Å². The summed E-state index contributed by atoms with van der Waals surface area (Å²) in [5.41, 5.74) is 2.65. The Morgan fingerprint density at radius 1 is 1.00 bits per heavy atom.